The van der Waals surface area contributed by atoms with Crippen LogP contribution in [0.15, 0.2) is 60.7 Å². The molecular formula is C20H24N2O3. The van der Waals surface area contributed by atoms with Crippen LogP contribution in [-0.4, -0.2) is 29.1 Å². The lowest BCUT2D eigenvalue weighted by molar-refractivity contribution is -0.146. The zero-order valence-electron chi connectivity index (χ0n) is 14.2. The largest absolute Gasteiger partial charge is 0.480 e. The second-order valence-electron chi connectivity index (χ2n) is 6.21. The van der Waals surface area contributed by atoms with Crippen LogP contribution in [-0.2, 0) is 22.4 Å². The maximum Gasteiger partial charge on any atom is 0.324 e. The van der Waals surface area contributed by atoms with Gasteiger partial charge in [0.1, 0.15) is 5.54 Å². The van der Waals surface area contributed by atoms with Gasteiger partial charge in [0.15, 0.2) is 0 Å². The van der Waals surface area contributed by atoms with Crippen LogP contribution in [0.1, 0.15) is 24.0 Å². The van der Waals surface area contributed by atoms with Crippen LogP contribution >= 0.6 is 0 Å². The minimum atomic E-state index is -1.56. The van der Waals surface area contributed by atoms with Gasteiger partial charge in [0.2, 0.25) is 5.91 Å². The number of aryl methyl sites for hydroxylation is 1. The molecule has 2 aromatic carbocycles. The Labute approximate surface area is 147 Å². The molecule has 0 aliphatic rings. The molecule has 1 atom stereocenters. The average molecular weight is 340 g/mol. The van der Waals surface area contributed by atoms with Crippen molar-refractivity contribution >= 4 is 11.9 Å². The van der Waals surface area contributed by atoms with Gasteiger partial charge in [-0.3, -0.25) is 9.59 Å². The third-order valence-corrected chi connectivity index (χ3v) is 4.18. The number of nitrogens with two attached hydrogens (primary N) is 1. The van der Waals surface area contributed by atoms with E-state index < -0.39 is 11.5 Å². The number of carboxylic acids is 1. The average Bonchev–Trinajstić information content (AvgIpc) is 2.61. The predicted molar refractivity (Wildman–Crippen MR) is 97.1 cm³/mol. The van der Waals surface area contributed by atoms with Gasteiger partial charge in [0, 0.05) is 6.54 Å². The molecule has 132 valence electrons. The number of hydrogen-bond donors (Lipinski definition) is 3. The minimum Gasteiger partial charge on any atom is -0.480 e. The lowest BCUT2D eigenvalue weighted by Crippen LogP contribution is -2.51. The molecule has 0 spiro atoms. The van der Waals surface area contributed by atoms with Gasteiger partial charge >= 0.3 is 5.97 Å². The third kappa shape index (κ3) is 6.04. The maximum absolute atomic E-state index is 12.1. The lowest BCUT2D eigenvalue weighted by atomic mass is 9.88. The number of nitrogens with one attached hydrogen (secondary N) is 1. The van der Waals surface area contributed by atoms with Crippen molar-refractivity contribution in [3.63, 3.8) is 0 Å². The van der Waals surface area contributed by atoms with E-state index in [0.29, 0.717) is 19.4 Å². The highest BCUT2D eigenvalue weighted by molar-refractivity contribution is 5.87. The van der Waals surface area contributed by atoms with Crippen LogP contribution in [0.2, 0.25) is 0 Å². The first-order valence-electron chi connectivity index (χ1n) is 8.36. The topological polar surface area (TPSA) is 92.4 Å². The van der Waals surface area contributed by atoms with Gasteiger partial charge in [0.05, 0.1) is 6.42 Å². The molecule has 0 bridgehead atoms. The Morgan fingerprint density at radius 2 is 1.44 bits per heavy atom. The van der Waals surface area contributed by atoms with Crippen molar-refractivity contribution in [3.05, 3.63) is 71.8 Å². The summed E-state index contributed by atoms with van der Waals surface area (Å²) >= 11 is 0. The maximum atomic E-state index is 12.1. The summed E-state index contributed by atoms with van der Waals surface area (Å²) in [5, 5.41) is 12.2. The number of carbonyl (C=O) groups excluding carboxylic acids is 1. The molecule has 5 nitrogen and oxygen atoms in total. The van der Waals surface area contributed by atoms with Crippen molar-refractivity contribution in [1.82, 2.24) is 5.32 Å². The van der Waals surface area contributed by atoms with E-state index in [9.17, 15) is 14.7 Å². The van der Waals surface area contributed by atoms with E-state index in [0.717, 1.165) is 11.1 Å². The number of hydrogen-bond acceptors (Lipinski definition) is 3. The fourth-order valence-electron chi connectivity index (χ4n) is 2.62. The quantitative estimate of drug-likeness (QED) is 0.652. The summed E-state index contributed by atoms with van der Waals surface area (Å²) < 4.78 is 0. The van der Waals surface area contributed by atoms with E-state index in [-0.39, 0.29) is 18.7 Å². The van der Waals surface area contributed by atoms with E-state index in [1.165, 1.54) is 0 Å². The van der Waals surface area contributed by atoms with E-state index in [1.54, 1.807) is 0 Å². The summed E-state index contributed by atoms with van der Waals surface area (Å²) in [6.07, 6.45) is 1.19. The van der Waals surface area contributed by atoms with Crippen molar-refractivity contribution in [1.29, 1.82) is 0 Å². The van der Waals surface area contributed by atoms with Crippen LogP contribution < -0.4 is 11.1 Å². The van der Waals surface area contributed by atoms with Gasteiger partial charge in [-0.25, -0.2) is 0 Å². The predicted octanol–water partition coefficient (Wildman–Crippen LogP) is 2.15. The molecule has 0 unspecified atom stereocenters. The molecule has 25 heavy (non-hydrogen) atoms. The number of carboxylic acid groups (broad SMARTS) is 1. The Hall–Kier alpha value is -2.66. The summed E-state index contributed by atoms with van der Waals surface area (Å²) in [5.41, 5.74) is 6.57. The molecule has 0 aliphatic carbocycles. The molecule has 0 saturated carbocycles. The summed E-state index contributed by atoms with van der Waals surface area (Å²) in [5.74, 6) is -1.49. The normalized spacial score (nSPS) is 13.0. The molecule has 0 aliphatic heterocycles. The van der Waals surface area contributed by atoms with E-state index in [1.807, 2.05) is 60.7 Å². The summed E-state index contributed by atoms with van der Waals surface area (Å²) in [6.45, 7) is 0.456. The highest BCUT2D eigenvalue weighted by Gasteiger charge is 2.36. The number of amides is 1. The molecular weight excluding hydrogens is 316 g/mol. The number of rotatable bonds is 9. The van der Waals surface area contributed by atoms with Crippen molar-refractivity contribution in [2.24, 2.45) is 5.73 Å². The number of carbonyl (C=O) groups is 2. The highest BCUT2D eigenvalue weighted by atomic mass is 16.4. The Bertz CT molecular complexity index is 689. The summed E-state index contributed by atoms with van der Waals surface area (Å²) in [6, 6.07) is 19.3. The standard InChI is InChI=1S/C20H24N2O3/c21-20(19(24)25,13-11-16-7-3-1-4-8-16)15-18(23)22-14-12-17-9-5-2-6-10-17/h1-10H,11-15,21H2,(H,22,23)(H,24,25)/t20-/m0/s1. The summed E-state index contributed by atoms with van der Waals surface area (Å²) in [7, 11) is 0. The first-order valence-corrected chi connectivity index (χ1v) is 8.36. The molecule has 0 radical (unpaired) electrons. The van der Waals surface area contributed by atoms with Crippen LogP contribution in [0.25, 0.3) is 0 Å². The molecule has 2 rings (SSSR count). The van der Waals surface area contributed by atoms with E-state index >= 15 is 0 Å². The third-order valence-electron chi connectivity index (χ3n) is 4.18. The van der Waals surface area contributed by atoms with Gasteiger partial charge in [-0.15, -0.1) is 0 Å². The molecule has 0 fully saturated rings. The zero-order chi connectivity index (χ0) is 18.1. The lowest BCUT2D eigenvalue weighted by Gasteiger charge is -2.24. The van der Waals surface area contributed by atoms with Crippen molar-refractivity contribution in [3.8, 4) is 0 Å². The van der Waals surface area contributed by atoms with Crippen molar-refractivity contribution in [2.45, 2.75) is 31.2 Å². The smallest absolute Gasteiger partial charge is 0.324 e. The molecule has 0 heterocycles. The van der Waals surface area contributed by atoms with Gasteiger partial charge in [-0.1, -0.05) is 60.7 Å². The zero-order valence-corrected chi connectivity index (χ0v) is 14.2. The van der Waals surface area contributed by atoms with Crippen LogP contribution in [0.4, 0.5) is 0 Å². The highest BCUT2D eigenvalue weighted by Crippen LogP contribution is 2.17. The van der Waals surface area contributed by atoms with Crippen LogP contribution in [0.5, 0.6) is 0 Å². The monoisotopic (exact) mass is 340 g/mol. The Balaban J connectivity index is 1.84. The first-order chi connectivity index (χ1) is 12.0. The Morgan fingerprint density at radius 1 is 0.920 bits per heavy atom. The number of aliphatic carboxylic acids is 1. The second-order valence-corrected chi connectivity index (χ2v) is 6.21. The van der Waals surface area contributed by atoms with Crippen molar-refractivity contribution in [2.75, 3.05) is 6.54 Å². The Kier molecular flexibility index (Phi) is 6.71. The summed E-state index contributed by atoms with van der Waals surface area (Å²) in [4.78, 5) is 23.7. The molecule has 4 N–H and O–H groups in total. The fourth-order valence-corrected chi connectivity index (χ4v) is 2.62. The SMILES string of the molecule is N[C@@](CCc1ccccc1)(CC(=O)NCCc1ccccc1)C(=O)O. The molecule has 1 amide bonds. The minimum absolute atomic E-state index is 0.207. The van der Waals surface area contributed by atoms with Crippen molar-refractivity contribution < 1.29 is 14.7 Å². The molecule has 0 aromatic heterocycles. The van der Waals surface area contributed by atoms with Gasteiger partial charge in [0.25, 0.3) is 0 Å². The Morgan fingerprint density at radius 3 is 1.96 bits per heavy atom. The van der Waals surface area contributed by atoms with E-state index in [4.69, 9.17) is 5.73 Å². The molecule has 2 aromatic rings. The van der Waals surface area contributed by atoms with Gasteiger partial charge in [-0.2, -0.15) is 0 Å². The second kappa shape index (κ2) is 8.99. The fraction of sp³-hybridized carbons (Fsp3) is 0.300. The molecule has 5 heteroatoms. The first kappa shape index (κ1) is 18.7. The van der Waals surface area contributed by atoms with Gasteiger partial charge < -0.3 is 16.2 Å². The number of benzene rings is 2. The van der Waals surface area contributed by atoms with E-state index in [2.05, 4.69) is 5.32 Å². The van der Waals surface area contributed by atoms with Crippen LogP contribution in [0.3, 0.4) is 0 Å². The van der Waals surface area contributed by atoms with Crippen LogP contribution in [0, 0.1) is 0 Å². The van der Waals surface area contributed by atoms with Gasteiger partial charge in [-0.05, 0) is 30.4 Å². The molecule has 0 saturated heterocycles.